The summed E-state index contributed by atoms with van der Waals surface area (Å²) in [6.07, 6.45) is 1.51. The van der Waals surface area contributed by atoms with Crippen LogP contribution < -0.4 is 0 Å². The molecule has 1 N–H and O–H groups in total. The van der Waals surface area contributed by atoms with Crippen molar-refractivity contribution in [1.82, 2.24) is 5.16 Å². The third-order valence-electron chi connectivity index (χ3n) is 2.17. The molecule has 84 valence electrons. The summed E-state index contributed by atoms with van der Waals surface area (Å²) in [5, 5.41) is 12.6. The summed E-state index contributed by atoms with van der Waals surface area (Å²) in [6, 6.07) is 6.67. The second-order valence-electron chi connectivity index (χ2n) is 3.20. The van der Waals surface area contributed by atoms with Gasteiger partial charge in [-0.2, -0.15) is 0 Å². The molecular weight excluding hydrogens is 230 g/mol. The zero-order chi connectivity index (χ0) is 10.8. The lowest BCUT2D eigenvalue weighted by Gasteiger charge is -1.99. The molecule has 0 amide bonds. The average molecular weight is 240 g/mol. The summed E-state index contributed by atoms with van der Waals surface area (Å²) in [5.74, 6) is -0.939. The highest BCUT2D eigenvalue weighted by atomic mass is 35.5. The number of benzene rings is 1. The van der Waals surface area contributed by atoms with Gasteiger partial charge in [-0.1, -0.05) is 17.3 Å². The van der Waals surface area contributed by atoms with Gasteiger partial charge in [-0.05, 0) is 24.6 Å². The molecule has 0 aliphatic carbocycles. The van der Waals surface area contributed by atoms with Crippen molar-refractivity contribution in [3.05, 3.63) is 41.8 Å². The van der Waals surface area contributed by atoms with Crippen LogP contribution in [-0.4, -0.2) is 16.2 Å². The molecule has 0 atom stereocenters. The molecule has 0 bridgehead atoms. The van der Waals surface area contributed by atoms with Crippen LogP contribution >= 0.6 is 12.4 Å². The first-order valence-corrected chi connectivity index (χ1v) is 4.43. The standard InChI is InChI=1S/C11H9NO3.ClH/c1-7-10(6-15-12-7)8-3-2-4-9(5-8)11(13)14;/h2-6H,1H3,(H,13,14);1H. The van der Waals surface area contributed by atoms with E-state index in [1.165, 1.54) is 6.26 Å². The van der Waals surface area contributed by atoms with E-state index in [4.69, 9.17) is 9.63 Å². The summed E-state index contributed by atoms with van der Waals surface area (Å²) in [4.78, 5) is 10.8. The van der Waals surface area contributed by atoms with Crippen LogP contribution in [0.5, 0.6) is 0 Å². The van der Waals surface area contributed by atoms with Crippen LogP contribution in [0.25, 0.3) is 11.1 Å². The maximum atomic E-state index is 10.8. The Labute approximate surface area is 98.3 Å². The van der Waals surface area contributed by atoms with Gasteiger partial charge in [0.15, 0.2) is 0 Å². The fraction of sp³-hybridized carbons (Fsp3) is 0.0909. The van der Waals surface area contributed by atoms with Gasteiger partial charge in [0.1, 0.15) is 6.26 Å². The van der Waals surface area contributed by atoms with Crippen LogP contribution in [0.4, 0.5) is 0 Å². The van der Waals surface area contributed by atoms with Gasteiger partial charge in [-0.3, -0.25) is 0 Å². The van der Waals surface area contributed by atoms with Crippen LogP contribution in [0.2, 0.25) is 0 Å². The smallest absolute Gasteiger partial charge is 0.335 e. The highest BCUT2D eigenvalue weighted by Gasteiger charge is 2.08. The van der Waals surface area contributed by atoms with Crippen molar-refractivity contribution in [2.24, 2.45) is 0 Å². The van der Waals surface area contributed by atoms with Crippen LogP contribution in [0.1, 0.15) is 16.1 Å². The molecule has 1 heterocycles. The minimum Gasteiger partial charge on any atom is -0.478 e. The highest BCUT2D eigenvalue weighted by molar-refractivity contribution is 5.89. The molecule has 2 aromatic rings. The van der Waals surface area contributed by atoms with Crippen molar-refractivity contribution in [2.75, 3.05) is 0 Å². The minimum atomic E-state index is -0.939. The van der Waals surface area contributed by atoms with E-state index in [1.807, 2.05) is 13.0 Å². The Morgan fingerprint density at radius 1 is 1.44 bits per heavy atom. The van der Waals surface area contributed by atoms with Crippen molar-refractivity contribution in [3.63, 3.8) is 0 Å². The predicted octanol–water partition coefficient (Wildman–Crippen LogP) is 2.77. The maximum absolute atomic E-state index is 10.8. The van der Waals surface area contributed by atoms with Crippen molar-refractivity contribution in [3.8, 4) is 11.1 Å². The van der Waals surface area contributed by atoms with E-state index in [-0.39, 0.29) is 18.0 Å². The lowest BCUT2D eigenvalue weighted by atomic mass is 10.0. The number of hydrogen-bond donors (Lipinski definition) is 1. The summed E-state index contributed by atoms with van der Waals surface area (Å²) in [6.45, 7) is 1.81. The first kappa shape index (κ1) is 12.3. The van der Waals surface area contributed by atoms with Gasteiger partial charge in [-0.25, -0.2) is 4.79 Å². The summed E-state index contributed by atoms with van der Waals surface area (Å²) >= 11 is 0. The number of aromatic carboxylic acids is 1. The second kappa shape index (κ2) is 4.81. The van der Waals surface area contributed by atoms with Crippen molar-refractivity contribution in [2.45, 2.75) is 6.92 Å². The monoisotopic (exact) mass is 239 g/mol. The van der Waals surface area contributed by atoms with Crippen molar-refractivity contribution >= 4 is 18.4 Å². The highest BCUT2D eigenvalue weighted by Crippen LogP contribution is 2.23. The van der Waals surface area contributed by atoms with E-state index in [2.05, 4.69) is 5.16 Å². The number of carboxylic acids is 1. The van der Waals surface area contributed by atoms with Gasteiger partial charge < -0.3 is 9.63 Å². The van der Waals surface area contributed by atoms with Gasteiger partial charge >= 0.3 is 5.97 Å². The first-order valence-electron chi connectivity index (χ1n) is 4.43. The summed E-state index contributed by atoms with van der Waals surface area (Å²) < 4.78 is 4.80. The number of nitrogens with zero attached hydrogens (tertiary/aromatic N) is 1. The topological polar surface area (TPSA) is 63.3 Å². The fourth-order valence-corrected chi connectivity index (χ4v) is 1.39. The maximum Gasteiger partial charge on any atom is 0.335 e. The Hall–Kier alpha value is -1.81. The molecule has 1 aromatic carbocycles. The van der Waals surface area contributed by atoms with Gasteiger partial charge in [0.25, 0.3) is 0 Å². The van der Waals surface area contributed by atoms with E-state index in [0.717, 1.165) is 16.8 Å². The first-order chi connectivity index (χ1) is 7.18. The molecule has 0 unspecified atom stereocenters. The second-order valence-corrected chi connectivity index (χ2v) is 3.20. The largest absolute Gasteiger partial charge is 0.478 e. The van der Waals surface area contributed by atoms with Gasteiger partial charge in [0.05, 0.1) is 11.3 Å². The Kier molecular flexibility index (Phi) is 3.68. The lowest BCUT2D eigenvalue weighted by molar-refractivity contribution is 0.0697. The normalized spacial score (nSPS) is 9.56. The molecule has 0 spiro atoms. The number of rotatable bonds is 2. The number of carbonyl (C=O) groups is 1. The average Bonchev–Trinajstić information content (AvgIpc) is 2.64. The molecule has 0 radical (unpaired) electrons. The SMILES string of the molecule is Cc1nocc1-c1cccc(C(=O)O)c1.Cl. The van der Waals surface area contributed by atoms with Crippen molar-refractivity contribution < 1.29 is 14.4 Å². The number of carboxylic acid groups (broad SMARTS) is 1. The zero-order valence-corrected chi connectivity index (χ0v) is 9.32. The van der Waals surface area contributed by atoms with Crippen molar-refractivity contribution in [1.29, 1.82) is 0 Å². The summed E-state index contributed by atoms with van der Waals surface area (Å²) in [5.41, 5.74) is 2.62. The van der Waals surface area contributed by atoms with Crippen LogP contribution in [-0.2, 0) is 0 Å². The number of aromatic nitrogens is 1. The predicted molar refractivity (Wildman–Crippen MR) is 60.9 cm³/mol. The number of aryl methyl sites for hydroxylation is 1. The van der Waals surface area contributed by atoms with Crippen LogP contribution in [0.3, 0.4) is 0 Å². The molecule has 0 saturated carbocycles. The number of halogens is 1. The van der Waals surface area contributed by atoms with Gasteiger partial charge in [0, 0.05) is 5.56 Å². The molecule has 0 saturated heterocycles. The Morgan fingerprint density at radius 3 is 2.75 bits per heavy atom. The van der Waals surface area contributed by atoms with Crippen LogP contribution in [0, 0.1) is 6.92 Å². The van der Waals surface area contributed by atoms with E-state index < -0.39 is 5.97 Å². The van der Waals surface area contributed by atoms with Crippen LogP contribution in [0.15, 0.2) is 35.1 Å². The van der Waals surface area contributed by atoms with E-state index in [9.17, 15) is 4.79 Å². The third-order valence-corrected chi connectivity index (χ3v) is 2.17. The van der Waals surface area contributed by atoms with E-state index in [0.29, 0.717) is 0 Å². The molecule has 5 heteroatoms. The Balaban J connectivity index is 0.00000128. The lowest BCUT2D eigenvalue weighted by Crippen LogP contribution is -1.95. The quantitative estimate of drug-likeness (QED) is 0.875. The molecule has 2 rings (SSSR count). The van der Waals surface area contributed by atoms with E-state index in [1.54, 1.807) is 18.2 Å². The molecule has 16 heavy (non-hydrogen) atoms. The van der Waals surface area contributed by atoms with Gasteiger partial charge in [0.2, 0.25) is 0 Å². The Bertz CT molecular complexity index is 507. The molecule has 0 aliphatic rings. The molecular formula is C11H10ClNO3. The zero-order valence-electron chi connectivity index (χ0n) is 8.51. The molecule has 0 aliphatic heterocycles. The molecule has 1 aromatic heterocycles. The Morgan fingerprint density at radius 2 is 2.19 bits per heavy atom. The minimum absolute atomic E-state index is 0. The van der Waals surface area contributed by atoms with Gasteiger partial charge in [-0.15, -0.1) is 12.4 Å². The fourth-order valence-electron chi connectivity index (χ4n) is 1.39. The summed E-state index contributed by atoms with van der Waals surface area (Å²) in [7, 11) is 0. The molecule has 4 nitrogen and oxygen atoms in total. The molecule has 0 fully saturated rings. The third kappa shape index (κ3) is 2.23. The number of hydrogen-bond acceptors (Lipinski definition) is 3. The van der Waals surface area contributed by atoms with E-state index >= 15 is 0 Å².